The van der Waals surface area contributed by atoms with Gasteiger partial charge in [-0.1, -0.05) is 61.2 Å². The van der Waals surface area contributed by atoms with Crippen molar-refractivity contribution in [2.45, 2.75) is 6.92 Å². The predicted octanol–water partition coefficient (Wildman–Crippen LogP) is 4.72. The van der Waals surface area contributed by atoms with Crippen LogP contribution in [0.3, 0.4) is 0 Å². The van der Waals surface area contributed by atoms with Crippen LogP contribution in [0.4, 0.5) is 11.4 Å². The molecule has 0 N–H and O–H groups in total. The zero-order chi connectivity index (χ0) is 22.0. The van der Waals surface area contributed by atoms with E-state index >= 15 is 0 Å². The van der Waals surface area contributed by atoms with Gasteiger partial charge in [0.15, 0.2) is 11.6 Å². The minimum Gasteiger partial charge on any atom is -0.460 e. The average molecular weight is 411 g/mol. The topological polar surface area (TPSA) is 63.7 Å². The molecule has 1 aliphatic rings. The second-order valence-corrected chi connectivity index (χ2v) is 7.31. The minimum absolute atomic E-state index is 0.100. The molecule has 154 valence electrons. The summed E-state index contributed by atoms with van der Waals surface area (Å²) < 4.78 is 5.29. The van der Waals surface area contributed by atoms with Crippen LogP contribution in [0.25, 0.3) is 0 Å². The Kier molecular flexibility index (Phi) is 5.50. The molecule has 0 amide bonds. The summed E-state index contributed by atoms with van der Waals surface area (Å²) >= 11 is 0. The molecule has 0 atom stereocenters. The van der Waals surface area contributed by atoms with Gasteiger partial charge in [-0.2, -0.15) is 0 Å². The monoisotopic (exact) mass is 411 g/mol. The molecule has 4 rings (SSSR count). The number of ether oxygens (including phenoxy) is 1. The first kappa shape index (κ1) is 20.3. The molecule has 0 unspecified atom stereocenters. The predicted molar refractivity (Wildman–Crippen MR) is 119 cm³/mol. The number of esters is 1. The summed E-state index contributed by atoms with van der Waals surface area (Å²) in [4.78, 5) is 40.2. The number of rotatable bonds is 6. The Morgan fingerprint density at radius 3 is 2.13 bits per heavy atom. The number of benzene rings is 3. The van der Waals surface area contributed by atoms with E-state index in [1.807, 2.05) is 41.3 Å². The van der Waals surface area contributed by atoms with Crippen molar-refractivity contribution >= 4 is 28.9 Å². The van der Waals surface area contributed by atoms with Gasteiger partial charge < -0.3 is 9.64 Å². The Labute approximate surface area is 180 Å². The van der Waals surface area contributed by atoms with E-state index in [-0.39, 0.29) is 18.2 Å². The molecule has 5 nitrogen and oxygen atoms in total. The Morgan fingerprint density at radius 2 is 1.45 bits per heavy atom. The lowest BCUT2D eigenvalue weighted by atomic mass is 9.83. The van der Waals surface area contributed by atoms with E-state index in [0.29, 0.717) is 40.1 Å². The summed E-state index contributed by atoms with van der Waals surface area (Å²) in [6.07, 6.45) is 0. The van der Waals surface area contributed by atoms with Crippen molar-refractivity contribution in [1.82, 2.24) is 0 Å². The number of para-hydroxylation sites is 1. The quantitative estimate of drug-likeness (QED) is 0.339. The summed E-state index contributed by atoms with van der Waals surface area (Å²) in [5, 5.41) is 0. The van der Waals surface area contributed by atoms with Gasteiger partial charge in [-0.3, -0.25) is 9.59 Å². The lowest BCUT2D eigenvalue weighted by molar-refractivity contribution is -0.138. The Bertz CT molecular complexity index is 1200. The molecule has 0 radical (unpaired) electrons. The number of carbonyl (C=O) groups is 3. The van der Waals surface area contributed by atoms with Gasteiger partial charge in [0, 0.05) is 28.0 Å². The zero-order valence-corrected chi connectivity index (χ0v) is 17.1. The standard InChI is InChI=1S/C26H21NO4/c1-17(2)26(30)31-16-15-27(18-9-4-3-5-10-18)22-14-8-13-21-23(22)25(29)20-12-7-6-11-19(20)24(21)28/h3-14H,1,15-16H2,2H3. The van der Waals surface area contributed by atoms with E-state index in [1.165, 1.54) is 0 Å². The first-order valence-corrected chi connectivity index (χ1v) is 9.95. The molecule has 0 fully saturated rings. The maximum Gasteiger partial charge on any atom is 0.333 e. The molecule has 1 aliphatic carbocycles. The van der Waals surface area contributed by atoms with Crippen LogP contribution in [0.1, 0.15) is 38.8 Å². The maximum absolute atomic E-state index is 13.4. The van der Waals surface area contributed by atoms with Gasteiger partial charge in [0.05, 0.1) is 17.8 Å². The van der Waals surface area contributed by atoms with E-state index < -0.39 is 5.97 Å². The van der Waals surface area contributed by atoms with E-state index in [9.17, 15) is 14.4 Å². The fraction of sp³-hybridized carbons (Fsp3) is 0.115. The van der Waals surface area contributed by atoms with Crippen molar-refractivity contribution in [3.63, 3.8) is 0 Å². The fourth-order valence-electron chi connectivity index (χ4n) is 3.70. The van der Waals surface area contributed by atoms with Gasteiger partial charge in [0.25, 0.3) is 0 Å². The molecule has 0 bridgehead atoms. The highest BCUT2D eigenvalue weighted by Gasteiger charge is 2.32. The molecule has 0 heterocycles. The van der Waals surface area contributed by atoms with E-state index in [1.54, 1.807) is 43.3 Å². The second kappa shape index (κ2) is 8.40. The van der Waals surface area contributed by atoms with Crippen molar-refractivity contribution in [1.29, 1.82) is 0 Å². The molecule has 0 spiro atoms. The molecular weight excluding hydrogens is 390 g/mol. The number of hydrogen-bond donors (Lipinski definition) is 0. The maximum atomic E-state index is 13.4. The van der Waals surface area contributed by atoms with E-state index in [0.717, 1.165) is 5.69 Å². The normalized spacial score (nSPS) is 12.0. The molecule has 3 aromatic rings. The molecular formula is C26H21NO4. The summed E-state index contributed by atoms with van der Waals surface area (Å²) in [5.74, 6) is -0.835. The van der Waals surface area contributed by atoms with Crippen LogP contribution in [0, 0.1) is 0 Å². The number of anilines is 2. The summed E-state index contributed by atoms with van der Waals surface area (Å²) in [6, 6.07) is 21.6. The Morgan fingerprint density at radius 1 is 0.839 bits per heavy atom. The molecule has 0 saturated heterocycles. The first-order valence-electron chi connectivity index (χ1n) is 9.95. The largest absolute Gasteiger partial charge is 0.460 e. The third-order valence-electron chi connectivity index (χ3n) is 5.19. The number of hydrogen-bond acceptors (Lipinski definition) is 5. The first-order chi connectivity index (χ1) is 15.0. The summed E-state index contributed by atoms with van der Waals surface area (Å²) in [5.41, 5.74) is 3.29. The number of ketones is 2. The van der Waals surface area contributed by atoms with Crippen molar-refractivity contribution in [2.24, 2.45) is 0 Å². The third-order valence-corrected chi connectivity index (χ3v) is 5.19. The molecule has 3 aromatic carbocycles. The van der Waals surface area contributed by atoms with Gasteiger partial charge in [-0.25, -0.2) is 4.79 Å². The van der Waals surface area contributed by atoms with Crippen LogP contribution >= 0.6 is 0 Å². The number of carbonyl (C=O) groups excluding carboxylic acids is 3. The van der Waals surface area contributed by atoms with Crippen LogP contribution < -0.4 is 4.90 Å². The third kappa shape index (κ3) is 3.78. The summed E-state index contributed by atoms with van der Waals surface area (Å²) in [6.45, 7) is 5.59. The van der Waals surface area contributed by atoms with Gasteiger partial charge in [0.2, 0.25) is 0 Å². The Hall–Kier alpha value is -3.99. The molecule has 0 saturated carbocycles. The number of nitrogens with zero attached hydrogens (tertiary/aromatic N) is 1. The van der Waals surface area contributed by atoms with Gasteiger partial charge in [-0.15, -0.1) is 0 Å². The highest BCUT2D eigenvalue weighted by molar-refractivity contribution is 6.30. The fourth-order valence-corrected chi connectivity index (χ4v) is 3.70. The lowest BCUT2D eigenvalue weighted by Gasteiger charge is -2.29. The smallest absolute Gasteiger partial charge is 0.333 e. The van der Waals surface area contributed by atoms with Gasteiger partial charge in [0.1, 0.15) is 6.61 Å². The Balaban J connectivity index is 1.78. The van der Waals surface area contributed by atoms with Crippen molar-refractivity contribution < 1.29 is 19.1 Å². The molecule has 5 heteroatoms. The lowest BCUT2D eigenvalue weighted by Crippen LogP contribution is -2.28. The van der Waals surface area contributed by atoms with Crippen LogP contribution in [0.2, 0.25) is 0 Å². The van der Waals surface area contributed by atoms with Gasteiger partial charge >= 0.3 is 5.97 Å². The minimum atomic E-state index is -0.469. The van der Waals surface area contributed by atoms with Crippen LogP contribution in [0.15, 0.2) is 84.9 Å². The van der Waals surface area contributed by atoms with Crippen molar-refractivity contribution in [2.75, 3.05) is 18.1 Å². The highest BCUT2D eigenvalue weighted by Crippen LogP contribution is 2.36. The SMILES string of the molecule is C=C(C)C(=O)OCCN(c1ccccc1)c1cccc2c1C(=O)c1ccccc1C2=O. The summed E-state index contributed by atoms with van der Waals surface area (Å²) in [7, 11) is 0. The number of fused-ring (bicyclic) bond motifs is 2. The van der Waals surface area contributed by atoms with Crippen molar-refractivity contribution in [3.05, 3.63) is 107 Å². The van der Waals surface area contributed by atoms with E-state index in [2.05, 4.69) is 6.58 Å². The van der Waals surface area contributed by atoms with Crippen LogP contribution in [-0.4, -0.2) is 30.7 Å². The van der Waals surface area contributed by atoms with Crippen LogP contribution in [-0.2, 0) is 9.53 Å². The van der Waals surface area contributed by atoms with Crippen molar-refractivity contribution in [3.8, 4) is 0 Å². The average Bonchev–Trinajstić information content (AvgIpc) is 2.80. The molecule has 31 heavy (non-hydrogen) atoms. The molecule has 0 aliphatic heterocycles. The van der Waals surface area contributed by atoms with E-state index in [4.69, 9.17) is 4.74 Å². The zero-order valence-electron chi connectivity index (χ0n) is 17.1. The molecule has 0 aromatic heterocycles. The highest BCUT2D eigenvalue weighted by atomic mass is 16.5. The van der Waals surface area contributed by atoms with Gasteiger partial charge in [-0.05, 0) is 25.1 Å². The van der Waals surface area contributed by atoms with Crippen LogP contribution in [0.5, 0.6) is 0 Å². The second-order valence-electron chi connectivity index (χ2n) is 7.31.